The summed E-state index contributed by atoms with van der Waals surface area (Å²) >= 11 is 7.76. The number of rotatable bonds is 13. The maximum Gasteiger partial charge on any atom is 0.207 e. The molecule has 1 aliphatic carbocycles. The van der Waals surface area contributed by atoms with Gasteiger partial charge in [-0.25, -0.2) is 0 Å². The highest BCUT2D eigenvalue weighted by Gasteiger charge is 2.43. The molecule has 0 N–H and O–H groups in total. The topological polar surface area (TPSA) is 62.7 Å². The number of nitrogens with zero attached hydrogens (tertiary/aromatic N) is 2. The van der Waals surface area contributed by atoms with Crippen molar-refractivity contribution in [1.29, 1.82) is 0 Å². The number of hydrogen-bond acceptors (Lipinski definition) is 7. The normalized spacial score (nSPS) is 25.3. The van der Waals surface area contributed by atoms with E-state index in [0.29, 0.717) is 42.7 Å². The molecule has 0 bridgehead atoms. The summed E-state index contributed by atoms with van der Waals surface area (Å²) < 4.78 is 27.9. The van der Waals surface area contributed by atoms with Gasteiger partial charge in [0.2, 0.25) is 4.47 Å². The van der Waals surface area contributed by atoms with E-state index in [2.05, 4.69) is 89.1 Å². The zero-order chi connectivity index (χ0) is 36.3. The van der Waals surface area contributed by atoms with Gasteiger partial charge in [-0.05, 0) is 59.4 Å². The van der Waals surface area contributed by atoms with Crippen LogP contribution in [0.1, 0.15) is 112 Å². The van der Waals surface area contributed by atoms with E-state index in [0.717, 1.165) is 41.8 Å². The molecule has 0 amide bonds. The second-order valence-corrected chi connectivity index (χ2v) is 16.8. The molecular formula is C45H59ClN2O4S. The van der Waals surface area contributed by atoms with Crippen LogP contribution < -0.4 is 0 Å². The van der Waals surface area contributed by atoms with Gasteiger partial charge in [-0.1, -0.05) is 167 Å². The number of ether oxygens (including phenoxy) is 4. The molecule has 6 unspecified atom stereocenters. The van der Waals surface area contributed by atoms with Crippen molar-refractivity contribution in [2.75, 3.05) is 6.61 Å². The first-order valence-electron chi connectivity index (χ1n) is 20.3. The first-order valence-corrected chi connectivity index (χ1v) is 21.4. The van der Waals surface area contributed by atoms with Gasteiger partial charge in [-0.3, -0.25) is 0 Å². The van der Waals surface area contributed by atoms with E-state index in [4.69, 9.17) is 30.5 Å². The van der Waals surface area contributed by atoms with Crippen LogP contribution in [0, 0.1) is 11.8 Å². The predicted molar refractivity (Wildman–Crippen MR) is 215 cm³/mol. The zero-order valence-electron chi connectivity index (χ0n) is 31.4. The Morgan fingerprint density at radius 1 is 0.623 bits per heavy atom. The maximum absolute atomic E-state index is 7.23. The molecule has 2 aliphatic rings. The Morgan fingerprint density at radius 2 is 1.19 bits per heavy atom. The smallest absolute Gasteiger partial charge is 0.207 e. The summed E-state index contributed by atoms with van der Waals surface area (Å²) in [6.45, 7) is 2.02. The van der Waals surface area contributed by atoms with Crippen LogP contribution in [-0.4, -0.2) is 41.2 Å². The maximum atomic E-state index is 7.23. The van der Waals surface area contributed by atoms with Crippen LogP contribution in [0.2, 0.25) is 4.47 Å². The fourth-order valence-electron chi connectivity index (χ4n) is 8.14. The van der Waals surface area contributed by atoms with Crippen LogP contribution in [-0.2, 0) is 45.2 Å². The lowest BCUT2D eigenvalue weighted by atomic mass is 9.81. The van der Waals surface area contributed by atoms with Crippen molar-refractivity contribution in [3.8, 4) is 0 Å². The highest BCUT2D eigenvalue weighted by molar-refractivity contribution is 7.15. The molecule has 6 nitrogen and oxygen atoms in total. The molecular weight excluding hydrogens is 700 g/mol. The van der Waals surface area contributed by atoms with Crippen LogP contribution in [0.4, 0.5) is 0 Å². The molecule has 6 atom stereocenters. The Balaban J connectivity index is 1.22. The van der Waals surface area contributed by atoms with E-state index in [1.807, 2.05) is 12.1 Å². The standard InChI is InChI=1S/C45H59ClN2O4S/c46-45-48-47-43(53-45)29-35-19-11-6-4-2-1-3-5-7-18-26-39(28-27-35)40-30-41(50-32-37-22-14-9-15-23-37)44(51-33-38-24-16-10-17-25-38)42(52-40)34-49-31-36-20-12-8-13-21-36/h8-10,12-17,20-25,35,39-42,44H,1-7,11,18-19,26-34H2. The second-order valence-electron chi connectivity index (χ2n) is 15.2. The lowest BCUT2D eigenvalue weighted by Crippen LogP contribution is -2.54. The van der Waals surface area contributed by atoms with Gasteiger partial charge in [0.15, 0.2) is 0 Å². The SMILES string of the molecule is Clc1nnc(CC2CCCCCCCCCCCC(C3CC(OCc4ccccc4)C(OCc4ccccc4)C(COCc4ccccc4)O3)CC2)s1. The molecule has 6 rings (SSSR count). The van der Waals surface area contributed by atoms with E-state index in [-0.39, 0.29) is 24.4 Å². The Kier molecular flexibility index (Phi) is 17.1. The minimum Gasteiger partial charge on any atom is -0.374 e. The van der Waals surface area contributed by atoms with Crippen LogP contribution in [0.3, 0.4) is 0 Å². The molecule has 1 aliphatic heterocycles. The Morgan fingerprint density at radius 3 is 1.79 bits per heavy atom. The quantitative estimate of drug-likeness (QED) is 0.135. The predicted octanol–water partition coefficient (Wildman–Crippen LogP) is 11.6. The Labute approximate surface area is 327 Å². The lowest BCUT2D eigenvalue weighted by Gasteiger charge is -2.44. The molecule has 1 saturated heterocycles. The monoisotopic (exact) mass is 758 g/mol. The summed E-state index contributed by atoms with van der Waals surface area (Å²) in [4.78, 5) is 0. The number of halogens is 1. The average Bonchev–Trinajstić information content (AvgIpc) is 3.60. The fraction of sp³-hybridized carbons (Fsp3) is 0.556. The number of benzene rings is 3. The van der Waals surface area contributed by atoms with Gasteiger partial charge in [-0.15, -0.1) is 10.2 Å². The van der Waals surface area contributed by atoms with Gasteiger partial charge >= 0.3 is 0 Å². The number of hydrogen-bond donors (Lipinski definition) is 0. The molecule has 286 valence electrons. The van der Waals surface area contributed by atoms with Crippen molar-refractivity contribution in [2.45, 2.75) is 141 Å². The molecule has 0 spiro atoms. The first kappa shape index (κ1) is 40.0. The molecule has 4 aromatic rings. The van der Waals surface area contributed by atoms with E-state index in [1.54, 1.807) is 0 Å². The zero-order valence-corrected chi connectivity index (χ0v) is 32.9. The van der Waals surface area contributed by atoms with Gasteiger partial charge in [0.1, 0.15) is 17.2 Å². The summed E-state index contributed by atoms with van der Waals surface area (Å²) in [5, 5.41) is 9.60. The van der Waals surface area contributed by atoms with Crippen LogP contribution in [0.15, 0.2) is 91.0 Å². The van der Waals surface area contributed by atoms with E-state index in [1.165, 1.54) is 87.5 Å². The van der Waals surface area contributed by atoms with Crippen molar-refractivity contribution in [2.24, 2.45) is 11.8 Å². The molecule has 3 aromatic carbocycles. The molecule has 2 heterocycles. The third-order valence-electron chi connectivity index (χ3n) is 11.1. The minimum absolute atomic E-state index is 0.0602. The van der Waals surface area contributed by atoms with Gasteiger partial charge in [-0.2, -0.15) is 0 Å². The van der Waals surface area contributed by atoms with Gasteiger partial charge in [0.25, 0.3) is 0 Å². The van der Waals surface area contributed by atoms with Crippen molar-refractivity contribution < 1.29 is 18.9 Å². The largest absolute Gasteiger partial charge is 0.374 e. The molecule has 1 saturated carbocycles. The molecule has 53 heavy (non-hydrogen) atoms. The Bertz CT molecular complexity index is 1540. The van der Waals surface area contributed by atoms with Gasteiger partial charge < -0.3 is 18.9 Å². The van der Waals surface area contributed by atoms with Crippen molar-refractivity contribution in [3.63, 3.8) is 0 Å². The highest BCUT2D eigenvalue weighted by Crippen LogP contribution is 2.37. The summed E-state index contributed by atoms with van der Waals surface area (Å²) in [6, 6.07) is 31.3. The summed E-state index contributed by atoms with van der Waals surface area (Å²) in [7, 11) is 0. The van der Waals surface area contributed by atoms with E-state index >= 15 is 0 Å². The van der Waals surface area contributed by atoms with Crippen LogP contribution in [0.5, 0.6) is 0 Å². The van der Waals surface area contributed by atoms with Crippen LogP contribution >= 0.6 is 22.9 Å². The summed E-state index contributed by atoms with van der Waals surface area (Å²) in [5.41, 5.74) is 3.47. The van der Waals surface area contributed by atoms with E-state index in [9.17, 15) is 0 Å². The first-order chi connectivity index (χ1) is 26.2. The lowest BCUT2D eigenvalue weighted by molar-refractivity contribution is -0.230. The Hall–Kier alpha value is -2.65. The fourth-order valence-corrected chi connectivity index (χ4v) is 9.12. The van der Waals surface area contributed by atoms with Crippen LogP contribution in [0.25, 0.3) is 0 Å². The summed E-state index contributed by atoms with van der Waals surface area (Å²) in [5.74, 6) is 0.988. The second kappa shape index (κ2) is 22.7. The molecule has 1 aromatic heterocycles. The number of aromatic nitrogens is 2. The minimum atomic E-state index is -0.261. The molecule has 0 radical (unpaired) electrons. The van der Waals surface area contributed by atoms with E-state index < -0.39 is 0 Å². The van der Waals surface area contributed by atoms with Crippen molar-refractivity contribution in [3.05, 3.63) is 117 Å². The molecule has 8 heteroatoms. The third-order valence-corrected chi connectivity index (χ3v) is 12.1. The van der Waals surface area contributed by atoms with Crippen molar-refractivity contribution in [1.82, 2.24) is 10.2 Å². The summed E-state index contributed by atoms with van der Waals surface area (Å²) in [6.07, 6.45) is 17.7. The van der Waals surface area contributed by atoms with Gasteiger partial charge in [0.05, 0.1) is 38.6 Å². The van der Waals surface area contributed by atoms with Gasteiger partial charge in [0, 0.05) is 12.8 Å². The average molecular weight is 759 g/mol. The highest BCUT2D eigenvalue weighted by atomic mass is 35.5. The third kappa shape index (κ3) is 13.9. The van der Waals surface area contributed by atoms with Crippen molar-refractivity contribution >= 4 is 22.9 Å². The molecule has 2 fully saturated rings.